The van der Waals surface area contributed by atoms with E-state index in [4.69, 9.17) is 27.9 Å². The molecule has 0 aliphatic carbocycles. The highest BCUT2D eigenvalue weighted by Crippen LogP contribution is 2.27. The molecule has 0 radical (unpaired) electrons. The Morgan fingerprint density at radius 3 is 2.67 bits per heavy atom. The lowest BCUT2D eigenvalue weighted by Gasteiger charge is -2.08. The second-order valence-corrected chi connectivity index (χ2v) is 5.60. The molecule has 1 aromatic carbocycles. The van der Waals surface area contributed by atoms with Gasteiger partial charge in [0.2, 0.25) is 5.91 Å². The van der Waals surface area contributed by atoms with Crippen LogP contribution in [0.25, 0.3) is 0 Å². The van der Waals surface area contributed by atoms with Crippen LogP contribution in [-0.2, 0) is 0 Å². The first kappa shape index (κ1) is 15.9. The fourth-order valence-corrected chi connectivity index (χ4v) is 2.45. The van der Waals surface area contributed by atoms with Crippen LogP contribution in [0.1, 0.15) is 29.0 Å². The zero-order valence-corrected chi connectivity index (χ0v) is 13.4. The predicted octanol–water partition coefficient (Wildman–Crippen LogP) is 4.31. The van der Waals surface area contributed by atoms with Gasteiger partial charge in [-0.3, -0.25) is 4.79 Å². The Morgan fingerprint density at radius 1 is 1.29 bits per heavy atom. The number of carbonyl (C=O) groups is 1. The first-order chi connectivity index (χ1) is 9.97. The van der Waals surface area contributed by atoms with E-state index < -0.39 is 0 Å². The van der Waals surface area contributed by atoms with Crippen molar-refractivity contribution in [1.82, 2.24) is 9.78 Å². The van der Waals surface area contributed by atoms with Crippen molar-refractivity contribution in [2.75, 3.05) is 6.61 Å². The molecule has 0 N–H and O–H groups in total. The van der Waals surface area contributed by atoms with Crippen LogP contribution in [0, 0.1) is 13.8 Å². The van der Waals surface area contributed by atoms with Crippen molar-refractivity contribution >= 4 is 29.1 Å². The number of hydrogen-bond donors (Lipinski definition) is 0. The highest BCUT2D eigenvalue weighted by molar-refractivity contribution is 6.35. The average Bonchev–Trinajstić information content (AvgIpc) is 2.75. The van der Waals surface area contributed by atoms with Crippen molar-refractivity contribution in [1.29, 1.82) is 0 Å². The van der Waals surface area contributed by atoms with Gasteiger partial charge >= 0.3 is 0 Å². The molecule has 0 bridgehead atoms. The standard InChI is InChI=1S/C15H16Cl2N2O2/c1-10-8-11(2)19(18-10)15(20)4-3-7-21-14-6-5-12(16)9-13(14)17/h5-6,8-9H,3-4,7H2,1-2H3. The van der Waals surface area contributed by atoms with Crippen LogP contribution in [0.4, 0.5) is 0 Å². The van der Waals surface area contributed by atoms with Gasteiger partial charge in [-0.25, -0.2) is 4.68 Å². The van der Waals surface area contributed by atoms with Crippen molar-refractivity contribution in [2.24, 2.45) is 0 Å². The van der Waals surface area contributed by atoms with Gasteiger partial charge in [0.1, 0.15) is 5.75 Å². The molecule has 0 unspecified atom stereocenters. The Hall–Kier alpha value is -1.52. The summed E-state index contributed by atoms with van der Waals surface area (Å²) in [6, 6.07) is 6.93. The Bertz CT molecular complexity index is 653. The van der Waals surface area contributed by atoms with Crippen molar-refractivity contribution < 1.29 is 9.53 Å². The van der Waals surface area contributed by atoms with E-state index in [-0.39, 0.29) is 5.91 Å². The Labute approximate surface area is 133 Å². The van der Waals surface area contributed by atoms with Gasteiger partial charge < -0.3 is 4.74 Å². The molecule has 0 amide bonds. The summed E-state index contributed by atoms with van der Waals surface area (Å²) >= 11 is 11.8. The second kappa shape index (κ2) is 6.96. The molecule has 6 heteroatoms. The van der Waals surface area contributed by atoms with E-state index in [0.29, 0.717) is 35.2 Å². The Kier molecular flexibility index (Phi) is 5.26. The Morgan fingerprint density at radius 2 is 2.05 bits per heavy atom. The lowest BCUT2D eigenvalue weighted by Crippen LogP contribution is -2.15. The van der Waals surface area contributed by atoms with E-state index in [1.807, 2.05) is 19.9 Å². The maximum atomic E-state index is 12.0. The number of aromatic nitrogens is 2. The molecule has 0 saturated heterocycles. The van der Waals surface area contributed by atoms with Crippen LogP contribution in [0.15, 0.2) is 24.3 Å². The van der Waals surface area contributed by atoms with Gasteiger partial charge in [-0.05, 0) is 44.5 Å². The smallest absolute Gasteiger partial charge is 0.247 e. The number of halogens is 2. The van der Waals surface area contributed by atoms with Gasteiger partial charge in [0.25, 0.3) is 0 Å². The molecule has 0 spiro atoms. The number of aryl methyl sites for hydroxylation is 2. The summed E-state index contributed by atoms with van der Waals surface area (Å²) in [5.41, 5.74) is 1.68. The van der Waals surface area contributed by atoms with Gasteiger partial charge in [0.05, 0.1) is 17.3 Å². The van der Waals surface area contributed by atoms with E-state index in [1.54, 1.807) is 18.2 Å². The first-order valence-corrected chi connectivity index (χ1v) is 7.37. The molecule has 0 saturated carbocycles. The van der Waals surface area contributed by atoms with Crippen molar-refractivity contribution in [3.05, 3.63) is 45.7 Å². The van der Waals surface area contributed by atoms with E-state index >= 15 is 0 Å². The predicted molar refractivity (Wildman–Crippen MR) is 83.5 cm³/mol. The monoisotopic (exact) mass is 326 g/mol. The van der Waals surface area contributed by atoms with E-state index in [1.165, 1.54) is 4.68 Å². The molecule has 4 nitrogen and oxygen atoms in total. The van der Waals surface area contributed by atoms with E-state index in [9.17, 15) is 4.79 Å². The highest BCUT2D eigenvalue weighted by Gasteiger charge is 2.10. The largest absolute Gasteiger partial charge is 0.492 e. The van der Waals surface area contributed by atoms with Crippen LogP contribution in [0.3, 0.4) is 0 Å². The normalized spacial score (nSPS) is 10.7. The summed E-state index contributed by atoms with van der Waals surface area (Å²) in [5.74, 6) is 0.533. The Balaban J connectivity index is 1.82. The molecule has 2 aromatic rings. The number of hydrogen-bond acceptors (Lipinski definition) is 3. The molecule has 1 heterocycles. The summed E-state index contributed by atoms with van der Waals surface area (Å²) in [6.07, 6.45) is 0.962. The molecule has 0 fully saturated rings. The molecule has 0 aliphatic heterocycles. The van der Waals surface area contributed by atoms with Crippen LogP contribution in [0.5, 0.6) is 5.75 Å². The molecule has 1 aromatic heterocycles. The van der Waals surface area contributed by atoms with Gasteiger partial charge in [-0.1, -0.05) is 23.2 Å². The van der Waals surface area contributed by atoms with Gasteiger partial charge in [0.15, 0.2) is 0 Å². The third kappa shape index (κ3) is 4.22. The third-order valence-electron chi connectivity index (χ3n) is 2.93. The van der Waals surface area contributed by atoms with Crippen LogP contribution in [-0.4, -0.2) is 22.3 Å². The van der Waals surface area contributed by atoms with Gasteiger partial charge in [-0.15, -0.1) is 0 Å². The van der Waals surface area contributed by atoms with Gasteiger partial charge in [0, 0.05) is 17.1 Å². The maximum Gasteiger partial charge on any atom is 0.247 e. The molecule has 0 atom stereocenters. The van der Waals surface area contributed by atoms with Crippen LogP contribution in [0.2, 0.25) is 10.0 Å². The molecular weight excluding hydrogens is 311 g/mol. The minimum atomic E-state index is -0.0357. The summed E-state index contributed by atoms with van der Waals surface area (Å²) in [6.45, 7) is 4.14. The number of ether oxygens (including phenoxy) is 1. The van der Waals surface area contributed by atoms with Crippen LogP contribution < -0.4 is 4.74 Å². The molecule has 112 valence electrons. The lowest BCUT2D eigenvalue weighted by molar-refractivity contribution is 0.0874. The van der Waals surface area contributed by atoms with Crippen molar-refractivity contribution in [2.45, 2.75) is 26.7 Å². The highest BCUT2D eigenvalue weighted by atomic mass is 35.5. The average molecular weight is 327 g/mol. The molecule has 0 aliphatic rings. The van der Waals surface area contributed by atoms with Crippen molar-refractivity contribution in [3.8, 4) is 5.75 Å². The lowest BCUT2D eigenvalue weighted by atomic mass is 10.3. The zero-order chi connectivity index (χ0) is 15.4. The van der Waals surface area contributed by atoms with Gasteiger partial charge in [-0.2, -0.15) is 5.10 Å². The summed E-state index contributed by atoms with van der Waals surface area (Å²) < 4.78 is 6.98. The summed E-state index contributed by atoms with van der Waals surface area (Å²) in [4.78, 5) is 12.0. The van der Waals surface area contributed by atoms with Crippen LogP contribution >= 0.6 is 23.2 Å². The SMILES string of the molecule is Cc1cc(C)n(C(=O)CCCOc2ccc(Cl)cc2Cl)n1. The number of rotatable bonds is 5. The molecule has 2 rings (SSSR count). The molecular formula is C15H16Cl2N2O2. The summed E-state index contributed by atoms with van der Waals surface area (Å²) in [5, 5.41) is 5.19. The second-order valence-electron chi connectivity index (χ2n) is 4.76. The number of benzene rings is 1. The first-order valence-electron chi connectivity index (χ1n) is 6.61. The fraction of sp³-hybridized carbons (Fsp3) is 0.333. The fourth-order valence-electron chi connectivity index (χ4n) is 1.99. The number of nitrogens with zero attached hydrogens (tertiary/aromatic N) is 2. The number of carbonyl (C=O) groups excluding carboxylic acids is 1. The van der Waals surface area contributed by atoms with E-state index in [0.717, 1.165) is 11.4 Å². The third-order valence-corrected chi connectivity index (χ3v) is 3.46. The minimum Gasteiger partial charge on any atom is -0.492 e. The minimum absolute atomic E-state index is 0.0357. The topological polar surface area (TPSA) is 44.1 Å². The van der Waals surface area contributed by atoms with Crippen molar-refractivity contribution in [3.63, 3.8) is 0 Å². The quantitative estimate of drug-likeness (QED) is 0.769. The molecule has 21 heavy (non-hydrogen) atoms. The zero-order valence-electron chi connectivity index (χ0n) is 11.9. The maximum absolute atomic E-state index is 12.0. The van der Waals surface area contributed by atoms with E-state index in [2.05, 4.69) is 5.10 Å². The summed E-state index contributed by atoms with van der Waals surface area (Å²) in [7, 11) is 0.